The van der Waals surface area contributed by atoms with Crippen molar-refractivity contribution in [2.45, 2.75) is 0 Å². The molecule has 0 unspecified atom stereocenters. The molecule has 25 heavy (non-hydrogen) atoms. The molecule has 1 aromatic heterocycles. The quantitative estimate of drug-likeness (QED) is 0.721. The Morgan fingerprint density at radius 2 is 1.72 bits per heavy atom. The number of carbonyl (C=O) groups is 2. The lowest BCUT2D eigenvalue weighted by Crippen LogP contribution is -2.17. The van der Waals surface area contributed by atoms with Gasteiger partial charge in [-0.05, 0) is 23.3 Å². The van der Waals surface area contributed by atoms with Crippen molar-refractivity contribution in [3.63, 3.8) is 0 Å². The Kier molecular flexibility index (Phi) is 4.61. The predicted octanol–water partition coefficient (Wildman–Crippen LogP) is 2.49. The molecule has 5 nitrogen and oxygen atoms in total. The van der Waals surface area contributed by atoms with Crippen LogP contribution in [0.4, 0.5) is 5.69 Å². The lowest BCUT2D eigenvalue weighted by atomic mass is 9.97. The molecule has 2 radical (unpaired) electrons. The third-order valence-corrected chi connectivity index (χ3v) is 3.63. The zero-order valence-electron chi connectivity index (χ0n) is 13.1. The van der Waals surface area contributed by atoms with Gasteiger partial charge in [-0.15, -0.1) is 0 Å². The number of nitrogens with zero attached hydrogens (tertiary/aromatic N) is 1. The SMILES string of the molecule is [B]c1cncc(C(=O)Nc2cc(-c3ccccc3)ccc2C(=O)O)c1. The van der Waals surface area contributed by atoms with Crippen LogP contribution in [0.15, 0.2) is 67.0 Å². The lowest BCUT2D eigenvalue weighted by molar-refractivity contribution is 0.0698. The van der Waals surface area contributed by atoms with Gasteiger partial charge >= 0.3 is 5.97 Å². The van der Waals surface area contributed by atoms with Gasteiger partial charge in [0.15, 0.2) is 0 Å². The Labute approximate surface area is 145 Å². The first-order chi connectivity index (χ1) is 12.0. The third kappa shape index (κ3) is 3.75. The highest BCUT2D eigenvalue weighted by Gasteiger charge is 2.15. The van der Waals surface area contributed by atoms with E-state index in [1.807, 2.05) is 30.3 Å². The van der Waals surface area contributed by atoms with Gasteiger partial charge in [-0.25, -0.2) is 4.79 Å². The van der Waals surface area contributed by atoms with Crippen molar-refractivity contribution in [3.05, 3.63) is 78.1 Å². The summed E-state index contributed by atoms with van der Waals surface area (Å²) in [5.74, 6) is -1.60. The van der Waals surface area contributed by atoms with Crippen molar-refractivity contribution < 1.29 is 14.7 Å². The Hall–Kier alpha value is -3.41. The number of carboxylic acids is 1. The summed E-state index contributed by atoms with van der Waals surface area (Å²) in [5, 5.41) is 12.0. The number of carbonyl (C=O) groups excluding carboxylic acids is 1. The molecule has 3 aromatic rings. The van der Waals surface area contributed by atoms with Gasteiger partial charge in [0.05, 0.1) is 16.8 Å². The molecule has 0 saturated heterocycles. The molecular weight excluding hydrogens is 315 g/mol. The second-order valence-corrected chi connectivity index (χ2v) is 5.39. The maximum atomic E-state index is 12.4. The molecule has 0 saturated carbocycles. The third-order valence-electron chi connectivity index (χ3n) is 3.63. The fourth-order valence-corrected chi connectivity index (χ4v) is 2.42. The summed E-state index contributed by atoms with van der Waals surface area (Å²) in [5.41, 5.74) is 2.53. The minimum atomic E-state index is -1.12. The van der Waals surface area contributed by atoms with Crippen molar-refractivity contribution in [2.75, 3.05) is 5.32 Å². The molecule has 0 aliphatic carbocycles. The van der Waals surface area contributed by atoms with Gasteiger partial charge in [-0.1, -0.05) is 47.9 Å². The monoisotopic (exact) mass is 328 g/mol. The van der Waals surface area contributed by atoms with Crippen LogP contribution in [0.25, 0.3) is 11.1 Å². The highest BCUT2D eigenvalue weighted by Crippen LogP contribution is 2.26. The van der Waals surface area contributed by atoms with Gasteiger partial charge in [0, 0.05) is 12.4 Å². The number of carboxylic acid groups (broad SMARTS) is 1. The maximum absolute atomic E-state index is 12.4. The van der Waals surface area contributed by atoms with Gasteiger partial charge in [0.2, 0.25) is 0 Å². The first kappa shape index (κ1) is 16.5. The highest BCUT2D eigenvalue weighted by molar-refractivity contribution is 6.32. The molecule has 0 aliphatic heterocycles. The molecule has 0 bridgehead atoms. The first-order valence-corrected chi connectivity index (χ1v) is 7.49. The number of aromatic carboxylic acids is 1. The molecule has 0 aliphatic rings. The molecule has 120 valence electrons. The summed E-state index contributed by atoms with van der Waals surface area (Å²) in [6, 6.07) is 15.8. The lowest BCUT2D eigenvalue weighted by Gasteiger charge is -2.11. The van der Waals surface area contributed by atoms with E-state index in [1.165, 1.54) is 24.5 Å². The molecule has 1 heterocycles. The second-order valence-electron chi connectivity index (χ2n) is 5.39. The number of hydrogen-bond acceptors (Lipinski definition) is 3. The van der Waals surface area contributed by atoms with E-state index in [1.54, 1.807) is 12.1 Å². The van der Waals surface area contributed by atoms with Crippen molar-refractivity contribution in [3.8, 4) is 11.1 Å². The number of hydrogen-bond donors (Lipinski definition) is 2. The van der Waals surface area contributed by atoms with Gasteiger partial charge < -0.3 is 10.4 Å². The van der Waals surface area contributed by atoms with Gasteiger partial charge in [0.1, 0.15) is 7.85 Å². The van der Waals surface area contributed by atoms with Crippen LogP contribution in [0.2, 0.25) is 0 Å². The molecule has 1 amide bonds. The van der Waals surface area contributed by atoms with Crippen LogP contribution in [0.3, 0.4) is 0 Å². The summed E-state index contributed by atoms with van der Waals surface area (Å²) < 4.78 is 0. The van der Waals surface area contributed by atoms with Crippen molar-refractivity contribution in [1.82, 2.24) is 4.98 Å². The van der Waals surface area contributed by atoms with Crippen LogP contribution in [0.5, 0.6) is 0 Å². The number of benzene rings is 2. The standard InChI is InChI=1S/C19H13BN2O3/c20-15-8-14(10-21-11-15)18(23)22-17-9-13(6-7-16(17)19(24)25)12-4-2-1-3-5-12/h1-11H,(H,22,23)(H,24,25). The highest BCUT2D eigenvalue weighted by atomic mass is 16.4. The van der Waals surface area contributed by atoms with Crippen LogP contribution in [0.1, 0.15) is 20.7 Å². The number of amides is 1. The number of pyridine rings is 1. The number of anilines is 1. The molecule has 0 spiro atoms. The first-order valence-electron chi connectivity index (χ1n) is 7.49. The summed E-state index contributed by atoms with van der Waals surface area (Å²) in [4.78, 5) is 27.7. The maximum Gasteiger partial charge on any atom is 0.337 e. The van der Waals surface area contributed by atoms with E-state index < -0.39 is 11.9 Å². The van der Waals surface area contributed by atoms with E-state index in [0.717, 1.165) is 11.1 Å². The van der Waals surface area contributed by atoms with E-state index in [9.17, 15) is 14.7 Å². The van der Waals surface area contributed by atoms with E-state index in [0.29, 0.717) is 5.46 Å². The Balaban J connectivity index is 1.98. The van der Waals surface area contributed by atoms with E-state index in [2.05, 4.69) is 10.3 Å². The van der Waals surface area contributed by atoms with E-state index in [4.69, 9.17) is 7.85 Å². The van der Waals surface area contributed by atoms with Crippen molar-refractivity contribution >= 4 is 30.9 Å². The Morgan fingerprint density at radius 1 is 0.960 bits per heavy atom. The van der Waals surface area contributed by atoms with Crippen LogP contribution >= 0.6 is 0 Å². The molecular formula is C19H13BN2O3. The van der Waals surface area contributed by atoms with Crippen LogP contribution in [0, 0.1) is 0 Å². The molecule has 6 heteroatoms. The van der Waals surface area contributed by atoms with Gasteiger partial charge in [-0.2, -0.15) is 0 Å². The number of nitrogens with one attached hydrogen (secondary N) is 1. The smallest absolute Gasteiger partial charge is 0.337 e. The van der Waals surface area contributed by atoms with Crippen LogP contribution in [-0.4, -0.2) is 29.8 Å². The van der Waals surface area contributed by atoms with E-state index in [-0.39, 0.29) is 16.8 Å². The summed E-state index contributed by atoms with van der Waals surface area (Å²) in [7, 11) is 5.63. The number of rotatable bonds is 4. The second kappa shape index (κ2) is 7.01. The fourth-order valence-electron chi connectivity index (χ4n) is 2.42. The molecule has 2 N–H and O–H groups in total. The minimum absolute atomic E-state index is 0.00453. The summed E-state index contributed by atoms with van der Waals surface area (Å²) in [6.07, 6.45) is 2.79. The van der Waals surface area contributed by atoms with E-state index >= 15 is 0 Å². The van der Waals surface area contributed by atoms with Crippen molar-refractivity contribution in [2.24, 2.45) is 0 Å². The van der Waals surface area contributed by atoms with Crippen LogP contribution < -0.4 is 10.8 Å². The average molecular weight is 328 g/mol. The zero-order chi connectivity index (χ0) is 17.8. The molecule has 3 rings (SSSR count). The molecule has 2 aromatic carbocycles. The largest absolute Gasteiger partial charge is 0.478 e. The average Bonchev–Trinajstić information content (AvgIpc) is 2.62. The molecule has 0 atom stereocenters. The fraction of sp³-hybridized carbons (Fsp3) is 0. The Morgan fingerprint density at radius 3 is 2.40 bits per heavy atom. The predicted molar refractivity (Wildman–Crippen MR) is 96.4 cm³/mol. The summed E-state index contributed by atoms with van der Waals surface area (Å²) >= 11 is 0. The normalized spacial score (nSPS) is 10.2. The minimum Gasteiger partial charge on any atom is -0.478 e. The number of aromatic nitrogens is 1. The van der Waals surface area contributed by atoms with Crippen molar-refractivity contribution in [1.29, 1.82) is 0 Å². The topological polar surface area (TPSA) is 79.3 Å². The summed E-state index contributed by atoms with van der Waals surface area (Å²) in [6.45, 7) is 0. The zero-order valence-corrected chi connectivity index (χ0v) is 13.1. The van der Waals surface area contributed by atoms with Gasteiger partial charge in [0.25, 0.3) is 5.91 Å². The van der Waals surface area contributed by atoms with Gasteiger partial charge in [-0.3, -0.25) is 9.78 Å². The van der Waals surface area contributed by atoms with Crippen LogP contribution in [-0.2, 0) is 0 Å². The Bertz CT molecular complexity index is 942. The molecule has 0 fully saturated rings.